The fourth-order valence-electron chi connectivity index (χ4n) is 2.80. The molecule has 1 aliphatic carbocycles. The lowest BCUT2D eigenvalue weighted by Crippen LogP contribution is -2.24. The van der Waals surface area contributed by atoms with Gasteiger partial charge < -0.3 is 16.5 Å². The SMILES string of the molecule is N=Cc1c(N)ccc(C2CC2)c1CNC(=O)c1cc(F)c(F)c(Cl)c1. The van der Waals surface area contributed by atoms with Crippen LogP contribution < -0.4 is 11.1 Å². The highest BCUT2D eigenvalue weighted by molar-refractivity contribution is 6.31. The maximum Gasteiger partial charge on any atom is 0.251 e. The van der Waals surface area contributed by atoms with Gasteiger partial charge in [0.2, 0.25) is 0 Å². The van der Waals surface area contributed by atoms with Crippen LogP contribution in [0.1, 0.15) is 45.8 Å². The average Bonchev–Trinajstić information content (AvgIpc) is 3.42. The lowest BCUT2D eigenvalue weighted by Gasteiger charge is -2.15. The van der Waals surface area contributed by atoms with Crippen molar-refractivity contribution >= 4 is 29.4 Å². The molecule has 2 aromatic carbocycles. The molecule has 0 atom stereocenters. The van der Waals surface area contributed by atoms with Crippen LogP contribution in [0.5, 0.6) is 0 Å². The molecule has 1 saturated carbocycles. The number of amides is 1. The summed E-state index contributed by atoms with van der Waals surface area (Å²) in [6.45, 7) is 0.136. The molecule has 4 nitrogen and oxygen atoms in total. The zero-order valence-electron chi connectivity index (χ0n) is 13.2. The van der Waals surface area contributed by atoms with Crippen LogP contribution in [0, 0.1) is 17.0 Å². The van der Waals surface area contributed by atoms with E-state index in [1.807, 2.05) is 6.07 Å². The van der Waals surface area contributed by atoms with Crippen LogP contribution in [-0.2, 0) is 6.54 Å². The quantitative estimate of drug-likeness (QED) is 0.426. The minimum Gasteiger partial charge on any atom is -0.398 e. The molecule has 0 unspecified atom stereocenters. The van der Waals surface area contributed by atoms with Gasteiger partial charge in [-0.1, -0.05) is 17.7 Å². The predicted octanol–water partition coefficient (Wildman–Crippen LogP) is 4.01. The van der Waals surface area contributed by atoms with E-state index in [1.165, 1.54) is 0 Å². The molecule has 25 heavy (non-hydrogen) atoms. The van der Waals surface area contributed by atoms with Crippen molar-refractivity contribution in [3.63, 3.8) is 0 Å². The Balaban J connectivity index is 1.85. The van der Waals surface area contributed by atoms with E-state index >= 15 is 0 Å². The third kappa shape index (κ3) is 3.49. The number of nitrogen functional groups attached to an aromatic ring is 1. The molecule has 0 aromatic heterocycles. The van der Waals surface area contributed by atoms with E-state index in [0.717, 1.165) is 42.3 Å². The van der Waals surface area contributed by atoms with Gasteiger partial charge in [-0.3, -0.25) is 4.79 Å². The fourth-order valence-corrected chi connectivity index (χ4v) is 3.01. The third-order valence-electron chi connectivity index (χ3n) is 4.26. The first-order valence-electron chi connectivity index (χ1n) is 7.76. The third-order valence-corrected chi connectivity index (χ3v) is 4.54. The summed E-state index contributed by atoms with van der Waals surface area (Å²) in [6, 6.07) is 5.55. The van der Waals surface area contributed by atoms with Gasteiger partial charge in [-0.2, -0.15) is 0 Å². The molecule has 0 radical (unpaired) electrons. The van der Waals surface area contributed by atoms with E-state index in [0.29, 0.717) is 17.2 Å². The van der Waals surface area contributed by atoms with E-state index in [2.05, 4.69) is 5.32 Å². The molecule has 0 bridgehead atoms. The molecule has 130 valence electrons. The first-order chi connectivity index (χ1) is 11.9. The molecule has 2 aromatic rings. The summed E-state index contributed by atoms with van der Waals surface area (Å²) < 4.78 is 26.7. The number of hydrogen-bond donors (Lipinski definition) is 3. The van der Waals surface area contributed by atoms with E-state index in [-0.39, 0.29) is 12.1 Å². The van der Waals surface area contributed by atoms with Gasteiger partial charge in [0.15, 0.2) is 11.6 Å². The zero-order chi connectivity index (χ0) is 18.1. The maximum absolute atomic E-state index is 13.4. The van der Waals surface area contributed by atoms with Crippen molar-refractivity contribution in [3.05, 3.63) is 63.2 Å². The largest absolute Gasteiger partial charge is 0.398 e. The molecule has 1 fully saturated rings. The number of benzene rings is 2. The van der Waals surface area contributed by atoms with E-state index in [9.17, 15) is 13.6 Å². The Morgan fingerprint density at radius 1 is 1.36 bits per heavy atom. The smallest absolute Gasteiger partial charge is 0.251 e. The van der Waals surface area contributed by atoms with E-state index in [1.54, 1.807) is 6.07 Å². The Morgan fingerprint density at radius 2 is 2.08 bits per heavy atom. The van der Waals surface area contributed by atoms with E-state index < -0.39 is 22.6 Å². The fraction of sp³-hybridized carbons (Fsp3) is 0.222. The van der Waals surface area contributed by atoms with Crippen LogP contribution in [0.25, 0.3) is 0 Å². The van der Waals surface area contributed by atoms with Crippen molar-refractivity contribution in [1.29, 1.82) is 5.41 Å². The molecule has 1 aliphatic rings. The van der Waals surface area contributed by atoms with Crippen LogP contribution in [0.15, 0.2) is 24.3 Å². The number of anilines is 1. The van der Waals surface area contributed by atoms with Crippen molar-refractivity contribution in [2.24, 2.45) is 0 Å². The van der Waals surface area contributed by atoms with Crippen molar-refractivity contribution < 1.29 is 13.6 Å². The average molecular weight is 364 g/mol. The highest BCUT2D eigenvalue weighted by Crippen LogP contribution is 2.43. The van der Waals surface area contributed by atoms with Gasteiger partial charge in [0, 0.05) is 29.6 Å². The molecule has 4 N–H and O–H groups in total. The van der Waals surface area contributed by atoms with Crippen molar-refractivity contribution in [1.82, 2.24) is 5.32 Å². The standard InChI is InChI=1S/C18H16ClF2N3O/c19-14-5-10(6-15(20)17(14)21)18(25)24-8-13-11(9-1-2-9)3-4-16(23)12(13)7-22/h3-7,9,22H,1-2,8,23H2,(H,24,25). The molecular formula is C18H16ClF2N3O. The van der Waals surface area contributed by atoms with Crippen LogP contribution in [-0.4, -0.2) is 12.1 Å². The van der Waals surface area contributed by atoms with Gasteiger partial charge >= 0.3 is 0 Å². The second-order valence-corrected chi connectivity index (χ2v) is 6.40. The minimum atomic E-state index is -1.18. The second-order valence-electron chi connectivity index (χ2n) is 5.99. The van der Waals surface area contributed by atoms with Crippen molar-refractivity contribution in [3.8, 4) is 0 Å². The molecule has 7 heteroatoms. The van der Waals surface area contributed by atoms with Crippen LogP contribution in [0.2, 0.25) is 5.02 Å². The molecule has 0 spiro atoms. The number of halogens is 3. The Labute approximate surface area is 148 Å². The summed E-state index contributed by atoms with van der Waals surface area (Å²) in [5.74, 6) is -2.54. The Bertz CT molecular complexity index is 843. The summed E-state index contributed by atoms with van der Waals surface area (Å²) in [6.07, 6.45) is 3.28. The lowest BCUT2D eigenvalue weighted by molar-refractivity contribution is 0.0950. The van der Waals surface area contributed by atoms with Gasteiger partial charge in [-0.05, 0) is 48.1 Å². The van der Waals surface area contributed by atoms with Crippen LogP contribution in [0.4, 0.5) is 14.5 Å². The van der Waals surface area contributed by atoms with Crippen molar-refractivity contribution in [2.75, 3.05) is 5.73 Å². The van der Waals surface area contributed by atoms with Gasteiger partial charge in [0.25, 0.3) is 5.91 Å². The summed E-state index contributed by atoms with van der Waals surface area (Å²) in [4.78, 5) is 12.3. The van der Waals surface area contributed by atoms with Gasteiger partial charge in [0.05, 0.1) is 5.02 Å². The summed E-state index contributed by atoms with van der Waals surface area (Å²) in [7, 11) is 0. The molecule has 0 aliphatic heterocycles. The number of rotatable bonds is 5. The minimum absolute atomic E-state index is 0.0721. The van der Waals surface area contributed by atoms with Gasteiger partial charge in [-0.15, -0.1) is 0 Å². The maximum atomic E-state index is 13.4. The van der Waals surface area contributed by atoms with Gasteiger partial charge in [0.1, 0.15) is 0 Å². The van der Waals surface area contributed by atoms with Gasteiger partial charge in [-0.25, -0.2) is 8.78 Å². The molecule has 0 heterocycles. The lowest BCUT2D eigenvalue weighted by atomic mass is 9.96. The number of carbonyl (C=O) groups excluding carboxylic acids is 1. The normalized spacial score (nSPS) is 13.6. The number of nitrogens with one attached hydrogen (secondary N) is 2. The van der Waals surface area contributed by atoms with Crippen molar-refractivity contribution in [2.45, 2.75) is 25.3 Å². The Morgan fingerprint density at radius 3 is 2.68 bits per heavy atom. The predicted molar refractivity (Wildman–Crippen MR) is 93.3 cm³/mol. The Hall–Kier alpha value is -2.47. The molecule has 3 rings (SSSR count). The molecule has 1 amide bonds. The van der Waals surface area contributed by atoms with E-state index in [4.69, 9.17) is 22.7 Å². The monoisotopic (exact) mass is 363 g/mol. The first kappa shape index (κ1) is 17.4. The topological polar surface area (TPSA) is 79.0 Å². The molecular weight excluding hydrogens is 348 g/mol. The van der Waals surface area contributed by atoms with Crippen LogP contribution in [0.3, 0.4) is 0 Å². The molecule has 0 saturated heterocycles. The van der Waals surface area contributed by atoms with Crippen LogP contribution >= 0.6 is 11.6 Å². The number of nitrogens with two attached hydrogens (primary N) is 1. The highest BCUT2D eigenvalue weighted by Gasteiger charge is 2.27. The number of hydrogen-bond acceptors (Lipinski definition) is 3. The second kappa shape index (κ2) is 6.80. The highest BCUT2D eigenvalue weighted by atomic mass is 35.5. The first-order valence-corrected chi connectivity index (χ1v) is 8.14. The summed E-state index contributed by atoms with van der Waals surface area (Å²) in [5.41, 5.74) is 8.70. The Kier molecular flexibility index (Phi) is 4.72. The zero-order valence-corrected chi connectivity index (χ0v) is 14.0. The summed E-state index contributed by atoms with van der Waals surface area (Å²) >= 11 is 5.58. The summed E-state index contributed by atoms with van der Waals surface area (Å²) in [5, 5.41) is 9.80. The number of carbonyl (C=O) groups is 1.